The van der Waals surface area contributed by atoms with Gasteiger partial charge in [-0.15, -0.1) is 0 Å². The third kappa shape index (κ3) is 2.58. The van der Waals surface area contributed by atoms with Gasteiger partial charge in [0.1, 0.15) is 0 Å². The Hall–Kier alpha value is -1.76. The van der Waals surface area contributed by atoms with Crippen molar-refractivity contribution < 1.29 is 14.8 Å². The first-order valence-electron chi connectivity index (χ1n) is 6.32. The van der Waals surface area contributed by atoms with Gasteiger partial charge in [0.2, 0.25) is 5.75 Å². The molecule has 1 heterocycles. The van der Waals surface area contributed by atoms with Crippen LogP contribution in [0.5, 0.6) is 5.75 Å². The molecule has 2 atom stereocenters. The molecular weight excluding hydrogens is 280 g/mol. The van der Waals surface area contributed by atoms with Crippen molar-refractivity contribution >= 4 is 23.4 Å². The summed E-state index contributed by atoms with van der Waals surface area (Å²) >= 11 is 1.79. The van der Waals surface area contributed by atoms with E-state index in [0.29, 0.717) is 11.8 Å². The molecule has 1 aliphatic rings. The molecular formula is C13H16N2O4S. The van der Waals surface area contributed by atoms with Crippen molar-refractivity contribution in [2.24, 2.45) is 0 Å². The highest BCUT2D eigenvalue weighted by molar-refractivity contribution is 8.00. The largest absolute Gasteiger partial charge is 0.502 e. The maximum atomic E-state index is 12.5. The van der Waals surface area contributed by atoms with Crippen LogP contribution in [0.25, 0.3) is 0 Å². The zero-order chi connectivity index (χ0) is 14.9. The Kier molecular flexibility index (Phi) is 4.17. The van der Waals surface area contributed by atoms with E-state index in [2.05, 4.69) is 0 Å². The van der Waals surface area contributed by atoms with Crippen molar-refractivity contribution in [1.82, 2.24) is 4.90 Å². The fraction of sp³-hybridized carbons (Fsp3) is 0.462. The van der Waals surface area contributed by atoms with E-state index in [-0.39, 0.29) is 17.5 Å². The van der Waals surface area contributed by atoms with Crippen LogP contribution in [0.3, 0.4) is 0 Å². The standard InChI is InChI=1S/C13H16N2O4S/c1-8-9(2)20-7-6-14(8)13(17)10-4-3-5-11(12(10)16)15(18)19/h3-5,8-9,16H,6-7H2,1-2H3. The summed E-state index contributed by atoms with van der Waals surface area (Å²) in [6, 6.07) is 4.05. The molecule has 0 aromatic heterocycles. The second-order valence-corrected chi connectivity index (χ2v) is 6.23. The lowest BCUT2D eigenvalue weighted by molar-refractivity contribution is -0.385. The van der Waals surface area contributed by atoms with E-state index in [1.165, 1.54) is 18.2 Å². The van der Waals surface area contributed by atoms with Gasteiger partial charge in [-0.2, -0.15) is 11.8 Å². The Bertz CT molecular complexity index is 549. The molecule has 20 heavy (non-hydrogen) atoms. The first-order valence-corrected chi connectivity index (χ1v) is 7.37. The molecule has 108 valence electrons. The van der Waals surface area contributed by atoms with Crippen LogP contribution in [0.15, 0.2) is 18.2 Å². The predicted octanol–water partition coefficient (Wildman–Crippen LogP) is 2.27. The summed E-state index contributed by atoms with van der Waals surface area (Å²) in [6.45, 7) is 4.57. The van der Waals surface area contributed by atoms with Crippen molar-refractivity contribution in [2.45, 2.75) is 25.1 Å². The Balaban J connectivity index is 2.34. The first kappa shape index (κ1) is 14.6. The molecule has 1 aromatic carbocycles. The topological polar surface area (TPSA) is 83.7 Å². The lowest BCUT2D eigenvalue weighted by Gasteiger charge is -2.37. The van der Waals surface area contributed by atoms with Gasteiger partial charge in [0.15, 0.2) is 0 Å². The van der Waals surface area contributed by atoms with Crippen LogP contribution < -0.4 is 0 Å². The number of nitro benzene ring substituents is 1. The van der Waals surface area contributed by atoms with E-state index in [1.807, 2.05) is 13.8 Å². The van der Waals surface area contributed by atoms with Gasteiger partial charge in [0.05, 0.1) is 10.5 Å². The number of phenolic OH excluding ortho intramolecular Hbond substituents is 1. The van der Waals surface area contributed by atoms with Crippen molar-refractivity contribution in [3.05, 3.63) is 33.9 Å². The molecule has 6 nitrogen and oxygen atoms in total. The van der Waals surface area contributed by atoms with E-state index in [1.54, 1.807) is 16.7 Å². The van der Waals surface area contributed by atoms with Crippen molar-refractivity contribution in [3.63, 3.8) is 0 Å². The monoisotopic (exact) mass is 296 g/mol. The maximum absolute atomic E-state index is 12.5. The quantitative estimate of drug-likeness (QED) is 0.668. The Morgan fingerprint density at radius 2 is 2.20 bits per heavy atom. The van der Waals surface area contributed by atoms with Crippen LogP contribution in [0.2, 0.25) is 0 Å². The van der Waals surface area contributed by atoms with E-state index >= 15 is 0 Å². The molecule has 2 rings (SSSR count). The van der Waals surface area contributed by atoms with E-state index in [9.17, 15) is 20.0 Å². The van der Waals surface area contributed by atoms with Crippen molar-refractivity contribution in [2.75, 3.05) is 12.3 Å². The summed E-state index contributed by atoms with van der Waals surface area (Å²) in [5.41, 5.74) is -0.451. The summed E-state index contributed by atoms with van der Waals surface area (Å²) in [4.78, 5) is 24.3. The molecule has 1 aromatic rings. The molecule has 0 radical (unpaired) electrons. The zero-order valence-corrected chi connectivity index (χ0v) is 12.1. The van der Waals surface area contributed by atoms with Crippen LogP contribution in [0.4, 0.5) is 5.69 Å². The van der Waals surface area contributed by atoms with Gasteiger partial charge in [0.25, 0.3) is 5.91 Å². The van der Waals surface area contributed by atoms with E-state index in [4.69, 9.17) is 0 Å². The fourth-order valence-electron chi connectivity index (χ4n) is 2.23. The minimum Gasteiger partial charge on any atom is -0.502 e. The smallest absolute Gasteiger partial charge is 0.311 e. The van der Waals surface area contributed by atoms with Gasteiger partial charge < -0.3 is 10.0 Å². The number of para-hydroxylation sites is 1. The third-order valence-electron chi connectivity index (χ3n) is 3.59. The number of carbonyl (C=O) groups is 1. The first-order chi connectivity index (χ1) is 9.43. The van der Waals surface area contributed by atoms with Crippen LogP contribution in [-0.4, -0.2) is 44.4 Å². The van der Waals surface area contributed by atoms with Gasteiger partial charge in [-0.25, -0.2) is 0 Å². The second kappa shape index (κ2) is 5.70. The number of thioether (sulfide) groups is 1. The van der Waals surface area contributed by atoms with Gasteiger partial charge in [-0.1, -0.05) is 13.0 Å². The molecule has 2 unspecified atom stereocenters. The number of rotatable bonds is 2. The summed E-state index contributed by atoms with van der Waals surface area (Å²) in [5.74, 6) is -0.0844. The predicted molar refractivity (Wildman–Crippen MR) is 77.2 cm³/mol. The highest BCUT2D eigenvalue weighted by atomic mass is 32.2. The number of nitro groups is 1. The fourth-order valence-corrected chi connectivity index (χ4v) is 3.33. The molecule has 0 aliphatic carbocycles. The highest BCUT2D eigenvalue weighted by Gasteiger charge is 2.32. The van der Waals surface area contributed by atoms with Crippen molar-refractivity contribution in [1.29, 1.82) is 0 Å². The molecule has 0 spiro atoms. The van der Waals surface area contributed by atoms with Gasteiger partial charge in [-0.3, -0.25) is 14.9 Å². The number of carbonyl (C=O) groups excluding carboxylic acids is 1. The van der Waals surface area contributed by atoms with Crippen molar-refractivity contribution in [3.8, 4) is 5.75 Å². The third-order valence-corrected chi connectivity index (χ3v) is 4.92. The normalized spacial score (nSPS) is 22.6. The summed E-state index contributed by atoms with van der Waals surface area (Å²) in [6.07, 6.45) is 0. The van der Waals surface area contributed by atoms with Gasteiger partial charge in [-0.05, 0) is 13.0 Å². The number of hydrogen-bond donors (Lipinski definition) is 1. The highest BCUT2D eigenvalue weighted by Crippen LogP contribution is 2.32. The molecule has 0 saturated carbocycles. The zero-order valence-electron chi connectivity index (χ0n) is 11.3. The molecule has 1 fully saturated rings. The summed E-state index contributed by atoms with van der Waals surface area (Å²) < 4.78 is 0. The summed E-state index contributed by atoms with van der Waals surface area (Å²) in [5, 5.41) is 21.0. The number of phenols is 1. The number of amides is 1. The minimum absolute atomic E-state index is 0.00912. The number of benzene rings is 1. The number of aromatic hydroxyl groups is 1. The van der Waals surface area contributed by atoms with Crippen LogP contribution in [0.1, 0.15) is 24.2 Å². The molecule has 1 aliphatic heterocycles. The van der Waals surface area contributed by atoms with Crippen LogP contribution in [0, 0.1) is 10.1 Å². The molecule has 0 bridgehead atoms. The Morgan fingerprint density at radius 3 is 2.85 bits per heavy atom. The lowest BCUT2D eigenvalue weighted by Crippen LogP contribution is -2.47. The minimum atomic E-state index is -0.690. The molecule has 1 amide bonds. The van der Waals surface area contributed by atoms with Gasteiger partial charge in [0, 0.05) is 29.7 Å². The van der Waals surface area contributed by atoms with E-state index in [0.717, 1.165) is 5.75 Å². The summed E-state index contributed by atoms with van der Waals surface area (Å²) in [7, 11) is 0. The second-order valence-electron chi connectivity index (χ2n) is 4.75. The van der Waals surface area contributed by atoms with Crippen LogP contribution >= 0.6 is 11.8 Å². The SMILES string of the molecule is CC1SCCN(C(=O)c2cccc([N+](=O)[O-])c2O)C1C. The molecule has 1 N–H and O–H groups in total. The number of hydrogen-bond acceptors (Lipinski definition) is 5. The lowest BCUT2D eigenvalue weighted by atomic mass is 10.1. The molecule has 7 heteroatoms. The van der Waals surface area contributed by atoms with Gasteiger partial charge >= 0.3 is 5.69 Å². The number of nitrogens with zero attached hydrogens (tertiary/aromatic N) is 2. The van der Waals surface area contributed by atoms with Crippen LogP contribution in [-0.2, 0) is 0 Å². The molecule has 1 saturated heterocycles. The average Bonchev–Trinajstić information content (AvgIpc) is 2.41. The maximum Gasteiger partial charge on any atom is 0.311 e. The Morgan fingerprint density at radius 1 is 1.50 bits per heavy atom. The van der Waals surface area contributed by atoms with E-state index < -0.39 is 16.4 Å². The average molecular weight is 296 g/mol. The Labute approximate surface area is 120 Å².